The minimum absolute atomic E-state index is 0.0328. The van der Waals surface area contributed by atoms with Gasteiger partial charge in [-0.1, -0.05) is 0 Å². The lowest BCUT2D eigenvalue weighted by molar-refractivity contribution is -0.125. The number of nitrogens with zero attached hydrogens (tertiary/aromatic N) is 7. The maximum Gasteiger partial charge on any atom is 0.223 e. The summed E-state index contributed by atoms with van der Waals surface area (Å²) in [4.78, 5) is 22.4. The number of carbonyl (C=O) groups excluding carboxylic acids is 1. The van der Waals surface area contributed by atoms with Crippen LogP contribution >= 0.6 is 0 Å². The number of pyridine rings is 1. The number of aromatic nitrogens is 6. The first kappa shape index (κ1) is 17.1. The monoisotopic (exact) mass is 364 g/mol. The summed E-state index contributed by atoms with van der Waals surface area (Å²) in [5.41, 5.74) is 1.05. The van der Waals surface area contributed by atoms with Crippen LogP contribution in [0.15, 0.2) is 49.3 Å². The maximum atomic E-state index is 12.4. The smallest absolute Gasteiger partial charge is 0.223 e. The van der Waals surface area contributed by atoms with Gasteiger partial charge in [0.2, 0.25) is 5.91 Å². The van der Waals surface area contributed by atoms with E-state index >= 15 is 0 Å². The molecule has 27 heavy (non-hydrogen) atoms. The molecule has 0 saturated carbocycles. The highest BCUT2D eigenvalue weighted by Gasteiger charge is 2.25. The summed E-state index contributed by atoms with van der Waals surface area (Å²) >= 11 is 0. The lowest BCUT2D eigenvalue weighted by Gasteiger charge is -2.31. The SMILES string of the molecule is O=C(NCc1ccncc1)C1CCN(c2ccc(-n3cncn3)nn2)CC1. The molecule has 0 unspecified atom stereocenters. The number of carbonyl (C=O) groups is 1. The van der Waals surface area contributed by atoms with Crippen molar-refractivity contribution in [3.05, 3.63) is 54.9 Å². The van der Waals surface area contributed by atoms with E-state index in [1.165, 1.54) is 6.33 Å². The van der Waals surface area contributed by atoms with E-state index in [4.69, 9.17) is 0 Å². The first-order chi connectivity index (χ1) is 13.3. The number of hydrogen-bond donors (Lipinski definition) is 1. The van der Waals surface area contributed by atoms with E-state index in [-0.39, 0.29) is 11.8 Å². The van der Waals surface area contributed by atoms with Crippen LogP contribution in [-0.2, 0) is 11.3 Å². The number of anilines is 1. The maximum absolute atomic E-state index is 12.4. The first-order valence-corrected chi connectivity index (χ1v) is 8.90. The van der Waals surface area contributed by atoms with Gasteiger partial charge in [-0.05, 0) is 42.7 Å². The van der Waals surface area contributed by atoms with Crippen molar-refractivity contribution in [1.29, 1.82) is 0 Å². The van der Waals surface area contributed by atoms with Gasteiger partial charge in [0.05, 0.1) is 0 Å². The molecule has 9 heteroatoms. The summed E-state index contributed by atoms with van der Waals surface area (Å²) in [7, 11) is 0. The Morgan fingerprint density at radius 2 is 1.78 bits per heavy atom. The second-order valence-electron chi connectivity index (χ2n) is 6.42. The molecule has 1 saturated heterocycles. The molecule has 0 atom stereocenters. The van der Waals surface area contributed by atoms with Crippen molar-refractivity contribution in [1.82, 2.24) is 35.3 Å². The Bertz CT molecular complexity index is 858. The van der Waals surface area contributed by atoms with Crippen LogP contribution in [-0.4, -0.2) is 48.9 Å². The zero-order chi connectivity index (χ0) is 18.5. The van der Waals surface area contributed by atoms with Gasteiger partial charge in [0, 0.05) is 37.9 Å². The van der Waals surface area contributed by atoms with E-state index in [1.807, 2.05) is 24.3 Å². The molecule has 0 aromatic carbocycles. The van der Waals surface area contributed by atoms with Gasteiger partial charge in [-0.25, -0.2) is 9.67 Å². The standard InChI is InChI=1S/C18H20N8O/c27-18(21-11-14-3-7-19-8-4-14)15-5-9-25(10-6-15)16-1-2-17(24-23-16)26-13-20-12-22-26/h1-4,7-8,12-13,15H,5-6,9-11H2,(H,21,27). The molecule has 4 rings (SSSR count). The number of nitrogens with one attached hydrogen (secondary N) is 1. The molecule has 1 amide bonds. The molecular formula is C18H20N8O. The van der Waals surface area contributed by atoms with Crippen LogP contribution in [0, 0.1) is 5.92 Å². The Morgan fingerprint density at radius 1 is 1.04 bits per heavy atom. The third-order valence-electron chi connectivity index (χ3n) is 4.70. The van der Waals surface area contributed by atoms with E-state index in [0.29, 0.717) is 12.4 Å². The van der Waals surface area contributed by atoms with Crippen molar-refractivity contribution in [2.24, 2.45) is 5.92 Å². The Morgan fingerprint density at radius 3 is 2.44 bits per heavy atom. The highest BCUT2D eigenvalue weighted by Crippen LogP contribution is 2.22. The molecule has 1 fully saturated rings. The van der Waals surface area contributed by atoms with E-state index in [1.54, 1.807) is 23.4 Å². The molecule has 1 aliphatic rings. The molecule has 4 heterocycles. The summed E-state index contributed by atoms with van der Waals surface area (Å²) < 4.78 is 1.57. The van der Waals surface area contributed by atoms with Gasteiger partial charge in [0.15, 0.2) is 11.6 Å². The van der Waals surface area contributed by atoms with Crippen LogP contribution in [0.5, 0.6) is 0 Å². The van der Waals surface area contributed by atoms with Crippen LogP contribution in [0.25, 0.3) is 5.82 Å². The summed E-state index contributed by atoms with van der Waals surface area (Å²) in [5, 5.41) is 15.5. The van der Waals surface area contributed by atoms with E-state index in [0.717, 1.165) is 37.3 Å². The van der Waals surface area contributed by atoms with Crippen LogP contribution < -0.4 is 10.2 Å². The van der Waals surface area contributed by atoms with Gasteiger partial charge in [-0.15, -0.1) is 10.2 Å². The molecule has 0 spiro atoms. The lowest BCUT2D eigenvalue weighted by Crippen LogP contribution is -2.40. The minimum Gasteiger partial charge on any atom is -0.355 e. The molecule has 138 valence electrons. The van der Waals surface area contributed by atoms with E-state index in [9.17, 15) is 4.79 Å². The van der Waals surface area contributed by atoms with Crippen molar-refractivity contribution in [2.45, 2.75) is 19.4 Å². The van der Waals surface area contributed by atoms with Gasteiger partial charge in [0.25, 0.3) is 0 Å². The Hall–Kier alpha value is -3.36. The van der Waals surface area contributed by atoms with Gasteiger partial charge in [-0.3, -0.25) is 9.78 Å². The van der Waals surface area contributed by atoms with Crippen molar-refractivity contribution < 1.29 is 4.79 Å². The van der Waals surface area contributed by atoms with Crippen molar-refractivity contribution in [2.75, 3.05) is 18.0 Å². The lowest BCUT2D eigenvalue weighted by atomic mass is 9.96. The second kappa shape index (κ2) is 7.90. The van der Waals surface area contributed by atoms with Crippen molar-refractivity contribution >= 4 is 11.7 Å². The number of piperidine rings is 1. The van der Waals surface area contributed by atoms with Crippen molar-refractivity contribution in [3.63, 3.8) is 0 Å². The molecule has 1 aliphatic heterocycles. The predicted molar refractivity (Wildman–Crippen MR) is 98.0 cm³/mol. The molecule has 0 aliphatic carbocycles. The molecule has 0 bridgehead atoms. The Kier molecular flexibility index (Phi) is 4.99. The Balaban J connectivity index is 1.29. The average molecular weight is 364 g/mol. The van der Waals surface area contributed by atoms with Crippen LogP contribution in [0.4, 0.5) is 5.82 Å². The number of hydrogen-bond acceptors (Lipinski definition) is 7. The summed E-state index contributed by atoms with van der Waals surface area (Å²) in [6, 6.07) is 7.60. The second-order valence-corrected chi connectivity index (χ2v) is 6.42. The number of amides is 1. The number of rotatable bonds is 5. The van der Waals surface area contributed by atoms with Crippen LogP contribution in [0.1, 0.15) is 18.4 Å². The third kappa shape index (κ3) is 4.08. The normalized spacial score (nSPS) is 14.9. The molecule has 3 aromatic rings. The quantitative estimate of drug-likeness (QED) is 0.720. The molecule has 0 radical (unpaired) electrons. The molecule has 1 N–H and O–H groups in total. The first-order valence-electron chi connectivity index (χ1n) is 8.90. The Labute approximate surface area is 156 Å². The topological polar surface area (TPSA) is 102 Å². The zero-order valence-corrected chi connectivity index (χ0v) is 14.8. The van der Waals surface area contributed by atoms with Crippen molar-refractivity contribution in [3.8, 4) is 5.82 Å². The fraction of sp³-hybridized carbons (Fsp3) is 0.333. The fourth-order valence-corrected chi connectivity index (χ4v) is 3.14. The van der Waals surface area contributed by atoms with Gasteiger partial charge in [0.1, 0.15) is 12.7 Å². The third-order valence-corrected chi connectivity index (χ3v) is 4.70. The highest BCUT2D eigenvalue weighted by molar-refractivity contribution is 5.78. The van der Waals surface area contributed by atoms with Crippen LogP contribution in [0.3, 0.4) is 0 Å². The molecule has 3 aromatic heterocycles. The zero-order valence-electron chi connectivity index (χ0n) is 14.8. The predicted octanol–water partition coefficient (Wildman–Crippen LogP) is 0.985. The molecular weight excluding hydrogens is 344 g/mol. The largest absolute Gasteiger partial charge is 0.355 e. The summed E-state index contributed by atoms with van der Waals surface area (Å²) in [6.45, 7) is 2.10. The minimum atomic E-state index is 0.0328. The van der Waals surface area contributed by atoms with E-state index < -0.39 is 0 Å². The highest BCUT2D eigenvalue weighted by atomic mass is 16.1. The van der Waals surface area contributed by atoms with Gasteiger partial charge >= 0.3 is 0 Å². The summed E-state index contributed by atoms with van der Waals surface area (Å²) in [6.07, 6.45) is 8.10. The fourth-order valence-electron chi connectivity index (χ4n) is 3.14. The van der Waals surface area contributed by atoms with Crippen LogP contribution in [0.2, 0.25) is 0 Å². The summed E-state index contributed by atoms with van der Waals surface area (Å²) in [5.74, 6) is 1.58. The average Bonchev–Trinajstić information content (AvgIpc) is 3.28. The van der Waals surface area contributed by atoms with Gasteiger partial charge < -0.3 is 10.2 Å². The molecule has 9 nitrogen and oxygen atoms in total. The van der Waals surface area contributed by atoms with Gasteiger partial charge in [-0.2, -0.15) is 5.10 Å². The van der Waals surface area contributed by atoms with E-state index in [2.05, 4.69) is 35.5 Å².